The van der Waals surface area contributed by atoms with Gasteiger partial charge in [0.2, 0.25) is 0 Å². The van der Waals surface area contributed by atoms with E-state index in [0.29, 0.717) is 0 Å². The van der Waals surface area contributed by atoms with Gasteiger partial charge in [0.05, 0.1) is 17.0 Å². The number of hydrogen-bond donors (Lipinski definition) is 0. The topological polar surface area (TPSA) is 110 Å². The summed E-state index contributed by atoms with van der Waals surface area (Å²) in [5.74, 6) is 0. The van der Waals surface area contributed by atoms with E-state index >= 15 is 0 Å². The fourth-order valence-electron chi connectivity index (χ4n) is 1.02. The van der Waals surface area contributed by atoms with Crippen molar-refractivity contribution in [3.8, 4) is 0 Å². The quantitative estimate of drug-likeness (QED) is 0.248. The number of nitro groups is 1. The molecular formula is C7H10N6O2. The van der Waals surface area contributed by atoms with Crippen molar-refractivity contribution in [1.82, 2.24) is 9.78 Å². The van der Waals surface area contributed by atoms with Crippen LogP contribution in [0.2, 0.25) is 0 Å². The molecule has 80 valence electrons. The molecule has 0 radical (unpaired) electrons. The van der Waals surface area contributed by atoms with Gasteiger partial charge in [-0.2, -0.15) is 5.10 Å². The monoisotopic (exact) mass is 210 g/mol. The molecule has 1 aromatic rings. The van der Waals surface area contributed by atoms with Crippen LogP contribution in [0, 0.1) is 10.1 Å². The highest BCUT2D eigenvalue weighted by atomic mass is 16.6. The number of rotatable bonds is 4. The van der Waals surface area contributed by atoms with E-state index in [1.807, 2.05) is 0 Å². The summed E-state index contributed by atoms with van der Waals surface area (Å²) < 4.78 is 1.42. The zero-order valence-corrected chi connectivity index (χ0v) is 8.36. The minimum atomic E-state index is -0.569. The predicted molar refractivity (Wildman–Crippen MR) is 52.2 cm³/mol. The highest BCUT2D eigenvalue weighted by Gasteiger charge is 2.22. The average molecular weight is 210 g/mol. The van der Waals surface area contributed by atoms with Crippen LogP contribution in [0.15, 0.2) is 17.5 Å². The molecule has 0 amide bonds. The summed E-state index contributed by atoms with van der Waals surface area (Å²) in [6.07, 6.45) is 2.48. The summed E-state index contributed by atoms with van der Waals surface area (Å²) in [6, 6.07) is 0. The van der Waals surface area contributed by atoms with Crippen LogP contribution in [0.3, 0.4) is 0 Å². The second kappa shape index (κ2) is 3.97. The van der Waals surface area contributed by atoms with Gasteiger partial charge in [-0.25, -0.2) is 0 Å². The molecule has 0 spiro atoms. The van der Waals surface area contributed by atoms with Gasteiger partial charge in [-0.3, -0.25) is 14.8 Å². The van der Waals surface area contributed by atoms with E-state index in [4.69, 9.17) is 5.53 Å². The maximum absolute atomic E-state index is 10.4. The summed E-state index contributed by atoms with van der Waals surface area (Å²) in [5, 5.41) is 17.7. The molecule has 1 aromatic heterocycles. The predicted octanol–water partition coefficient (Wildman–Crippen LogP) is 1.84. The SMILES string of the molecule is CC(C)(CN=[N+]=[N-])n1cc([N+](=O)[O-])cn1. The lowest BCUT2D eigenvalue weighted by Crippen LogP contribution is -2.29. The van der Waals surface area contributed by atoms with Crippen LogP contribution in [0.1, 0.15) is 13.8 Å². The Balaban J connectivity index is 2.94. The van der Waals surface area contributed by atoms with E-state index in [2.05, 4.69) is 15.1 Å². The summed E-state index contributed by atoms with van der Waals surface area (Å²) in [6.45, 7) is 3.74. The molecule has 0 atom stereocenters. The molecule has 0 fully saturated rings. The van der Waals surface area contributed by atoms with E-state index in [9.17, 15) is 10.1 Å². The van der Waals surface area contributed by atoms with Crippen LogP contribution in [0.25, 0.3) is 10.4 Å². The second-order valence-electron chi connectivity index (χ2n) is 3.60. The first kappa shape index (κ1) is 11.0. The molecule has 8 nitrogen and oxygen atoms in total. The van der Waals surface area contributed by atoms with Crippen LogP contribution in [-0.2, 0) is 5.54 Å². The normalized spacial score (nSPS) is 10.8. The van der Waals surface area contributed by atoms with Crippen molar-refractivity contribution in [3.63, 3.8) is 0 Å². The zero-order chi connectivity index (χ0) is 11.5. The Hall–Kier alpha value is -2.08. The molecule has 0 saturated heterocycles. The van der Waals surface area contributed by atoms with E-state index in [-0.39, 0.29) is 12.2 Å². The summed E-state index contributed by atoms with van der Waals surface area (Å²) in [7, 11) is 0. The van der Waals surface area contributed by atoms with Gasteiger partial charge < -0.3 is 0 Å². The van der Waals surface area contributed by atoms with Gasteiger partial charge in [-0.1, -0.05) is 5.11 Å². The van der Waals surface area contributed by atoms with Gasteiger partial charge >= 0.3 is 5.69 Å². The highest BCUT2D eigenvalue weighted by Crippen LogP contribution is 2.18. The van der Waals surface area contributed by atoms with Crippen molar-refractivity contribution < 1.29 is 4.92 Å². The fourth-order valence-corrected chi connectivity index (χ4v) is 1.02. The Morgan fingerprint density at radius 2 is 2.47 bits per heavy atom. The van der Waals surface area contributed by atoms with E-state index in [0.717, 1.165) is 6.20 Å². The van der Waals surface area contributed by atoms with Gasteiger partial charge in [0.15, 0.2) is 0 Å². The molecule has 0 aliphatic rings. The average Bonchev–Trinajstić information content (AvgIpc) is 2.64. The van der Waals surface area contributed by atoms with Crippen LogP contribution in [0.5, 0.6) is 0 Å². The summed E-state index contributed by atoms with van der Waals surface area (Å²) in [4.78, 5) is 12.5. The molecule has 0 aromatic carbocycles. The Bertz CT molecular complexity index is 417. The van der Waals surface area contributed by atoms with Crippen molar-refractivity contribution >= 4 is 5.69 Å². The van der Waals surface area contributed by atoms with Crippen molar-refractivity contribution in [2.75, 3.05) is 6.54 Å². The third-order valence-corrected chi connectivity index (χ3v) is 1.92. The fraction of sp³-hybridized carbons (Fsp3) is 0.571. The number of azide groups is 1. The Morgan fingerprint density at radius 3 is 2.93 bits per heavy atom. The molecule has 1 rings (SSSR count). The molecule has 15 heavy (non-hydrogen) atoms. The van der Waals surface area contributed by atoms with Crippen molar-refractivity contribution in [3.05, 3.63) is 33.0 Å². The molecule has 8 heteroatoms. The number of hydrogen-bond acceptors (Lipinski definition) is 4. The lowest BCUT2D eigenvalue weighted by molar-refractivity contribution is -0.385. The van der Waals surface area contributed by atoms with Crippen LogP contribution in [-0.4, -0.2) is 21.2 Å². The molecule has 0 unspecified atom stereocenters. The maximum atomic E-state index is 10.4. The zero-order valence-electron chi connectivity index (χ0n) is 8.36. The van der Waals surface area contributed by atoms with E-state index < -0.39 is 10.5 Å². The highest BCUT2D eigenvalue weighted by molar-refractivity contribution is 5.21. The molecular weight excluding hydrogens is 200 g/mol. The molecule has 0 aliphatic heterocycles. The van der Waals surface area contributed by atoms with Gasteiger partial charge in [0.25, 0.3) is 0 Å². The molecule has 0 saturated carbocycles. The summed E-state index contributed by atoms with van der Waals surface area (Å²) >= 11 is 0. The molecule has 0 bridgehead atoms. The van der Waals surface area contributed by atoms with Crippen molar-refractivity contribution in [2.24, 2.45) is 5.11 Å². The molecule has 1 heterocycles. The number of aromatic nitrogens is 2. The standard InChI is InChI=1S/C7H10N6O2/c1-7(2,5-9-11-8)12-4-6(3-10-12)13(14)15/h3-4H,5H2,1-2H3. The minimum absolute atomic E-state index is 0.0796. The first-order valence-corrected chi connectivity index (χ1v) is 4.18. The first-order chi connectivity index (χ1) is 6.97. The molecule has 0 N–H and O–H groups in total. The summed E-state index contributed by atoms with van der Waals surface area (Å²) in [5.41, 5.74) is 7.54. The van der Waals surface area contributed by atoms with Gasteiger partial charge in [0.1, 0.15) is 12.4 Å². The van der Waals surface area contributed by atoms with Crippen LogP contribution >= 0.6 is 0 Å². The van der Waals surface area contributed by atoms with Crippen molar-refractivity contribution in [2.45, 2.75) is 19.4 Å². The van der Waals surface area contributed by atoms with Gasteiger partial charge in [0, 0.05) is 4.91 Å². The number of nitrogens with zero attached hydrogens (tertiary/aromatic N) is 6. The Labute approximate surface area is 85.3 Å². The third-order valence-electron chi connectivity index (χ3n) is 1.92. The lowest BCUT2D eigenvalue weighted by Gasteiger charge is -2.22. The largest absolute Gasteiger partial charge is 0.307 e. The van der Waals surface area contributed by atoms with Gasteiger partial charge in [-0.15, -0.1) is 0 Å². The first-order valence-electron chi connectivity index (χ1n) is 4.18. The smallest absolute Gasteiger partial charge is 0.260 e. The maximum Gasteiger partial charge on any atom is 0.307 e. The van der Waals surface area contributed by atoms with Crippen LogP contribution in [0.4, 0.5) is 5.69 Å². The van der Waals surface area contributed by atoms with Gasteiger partial charge in [-0.05, 0) is 19.4 Å². The van der Waals surface area contributed by atoms with Crippen LogP contribution < -0.4 is 0 Å². The van der Waals surface area contributed by atoms with E-state index in [1.54, 1.807) is 13.8 Å². The Morgan fingerprint density at radius 1 is 1.80 bits per heavy atom. The van der Waals surface area contributed by atoms with Crippen molar-refractivity contribution in [1.29, 1.82) is 0 Å². The minimum Gasteiger partial charge on any atom is -0.260 e. The lowest BCUT2D eigenvalue weighted by atomic mass is 10.1. The van der Waals surface area contributed by atoms with E-state index in [1.165, 1.54) is 10.9 Å². The second-order valence-corrected chi connectivity index (χ2v) is 3.60. The molecule has 0 aliphatic carbocycles. The third kappa shape index (κ3) is 2.44. The Kier molecular flexibility index (Phi) is 2.91.